The smallest absolute Gasteiger partial charge is 0.148 e. The van der Waals surface area contributed by atoms with Crippen LogP contribution in [0.3, 0.4) is 0 Å². The number of nitrogens with one attached hydrogen (secondary N) is 1. The number of hydrogen-bond acceptors (Lipinski definition) is 4. The minimum atomic E-state index is 0.0868. The summed E-state index contributed by atoms with van der Waals surface area (Å²) in [4.78, 5) is 25.1. The molecule has 4 nitrogen and oxygen atoms in total. The van der Waals surface area contributed by atoms with Gasteiger partial charge in [-0.3, -0.25) is 14.5 Å². The third kappa shape index (κ3) is 4.65. The number of hydrogen-bond donors (Lipinski definition) is 1. The van der Waals surface area contributed by atoms with Gasteiger partial charge in [-0.25, -0.2) is 0 Å². The predicted molar refractivity (Wildman–Crippen MR) is 97.7 cm³/mol. The van der Waals surface area contributed by atoms with Crippen LogP contribution >= 0.6 is 0 Å². The molecule has 1 N–H and O–H groups in total. The minimum absolute atomic E-state index is 0.0868. The maximum atomic E-state index is 11.5. The average molecular weight is 326 g/mol. The molecule has 4 heteroatoms. The quantitative estimate of drug-likeness (QED) is 0.847. The molecule has 1 aromatic rings. The standard InChI is InChI=1S/C20H26N2O2/c1-14-7-5-6-8-18(14)20(21-11-16(3)23)19-13-22(12-17(4)24)10-9-15(19)2/h5-8,21H,1,9-13H2,2-4H3/b20-18+. The molecule has 0 bridgehead atoms. The van der Waals surface area contributed by atoms with Crippen LogP contribution in [0.5, 0.6) is 0 Å². The molecule has 0 aliphatic carbocycles. The van der Waals surface area contributed by atoms with E-state index < -0.39 is 0 Å². The lowest BCUT2D eigenvalue weighted by molar-refractivity contribution is -0.118. The Bertz CT molecular complexity index is 777. The van der Waals surface area contributed by atoms with Crippen LogP contribution in [0.1, 0.15) is 27.2 Å². The first-order valence-corrected chi connectivity index (χ1v) is 8.31. The number of carbonyl (C=O) groups excluding carboxylic acids is 2. The highest BCUT2D eigenvalue weighted by Gasteiger charge is 2.20. The van der Waals surface area contributed by atoms with Crippen molar-refractivity contribution in [2.45, 2.75) is 27.2 Å². The van der Waals surface area contributed by atoms with Gasteiger partial charge >= 0.3 is 0 Å². The van der Waals surface area contributed by atoms with E-state index in [9.17, 15) is 9.59 Å². The molecule has 0 fully saturated rings. The molecule has 24 heavy (non-hydrogen) atoms. The summed E-state index contributed by atoms with van der Waals surface area (Å²) in [6.07, 6.45) is 0.924. The summed E-state index contributed by atoms with van der Waals surface area (Å²) in [5.41, 5.74) is 3.42. The van der Waals surface area contributed by atoms with E-state index in [0.717, 1.165) is 29.1 Å². The molecule has 1 aromatic carbocycles. The summed E-state index contributed by atoms with van der Waals surface area (Å²) in [6.45, 7) is 11.8. The second-order valence-electron chi connectivity index (χ2n) is 6.51. The van der Waals surface area contributed by atoms with Gasteiger partial charge in [0, 0.05) is 24.0 Å². The lowest BCUT2D eigenvalue weighted by atomic mass is 9.96. The first-order chi connectivity index (χ1) is 11.4. The topological polar surface area (TPSA) is 49.4 Å². The first kappa shape index (κ1) is 18.1. The molecule has 0 aromatic heterocycles. The Balaban J connectivity index is 2.49. The van der Waals surface area contributed by atoms with Crippen LogP contribution in [-0.4, -0.2) is 42.6 Å². The second kappa shape index (κ2) is 8.06. The number of Topliss-reactive ketones (excluding diaryl/α,β-unsaturated/α-hetero) is 2. The highest BCUT2D eigenvalue weighted by Crippen LogP contribution is 2.22. The van der Waals surface area contributed by atoms with Crippen LogP contribution in [0.4, 0.5) is 0 Å². The van der Waals surface area contributed by atoms with Gasteiger partial charge in [0.25, 0.3) is 0 Å². The van der Waals surface area contributed by atoms with E-state index in [0.29, 0.717) is 13.1 Å². The Morgan fingerprint density at radius 2 is 1.92 bits per heavy atom. The van der Waals surface area contributed by atoms with E-state index in [1.54, 1.807) is 13.8 Å². The van der Waals surface area contributed by atoms with Gasteiger partial charge in [-0.2, -0.15) is 0 Å². The van der Waals surface area contributed by atoms with Crippen molar-refractivity contribution in [2.75, 3.05) is 26.2 Å². The maximum absolute atomic E-state index is 11.5. The number of nitrogens with zero attached hydrogens (tertiary/aromatic N) is 1. The molecule has 0 amide bonds. The number of benzene rings is 1. The van der Waals surface area contributed by atoms with Crippen molar-refractivity contribution in [3.63, 3.8) is 0 Å². The van der Waals surface area contributed by atoms with Gasteiger partial charge in [0.05, 0.1) is 13.1 Å². The zero-order valence-corrected chi connectivity index (χ0v) is 14.8. The van der Waals surface area contributed by atoms with Gasteiger partial charge in [0.1, 0.15) is 11.6 Å². The Labute approximate surface area is 143 Å². The van der Waals surface area contributed by atoms with Crippen molar-refractivity contribution in [3.05, 3.63) is 45.8 Å². The lowest BCUT2D eigenvalue weighted by Gasteiger charge is -2.30. The molecular formula is C20H26N2O2. The molecule has 1 aliphatic heterocycles. The fraction of sp³-hybridized carbons (Fsp3) is 0.400. The summed E-state index contributed by atoms with van der Waals surface area (Å²) in [7, 11) is 0. The van der Waals surface area contributed by atoms with Crippen LogP contribution < -0.4 is 15.8 Å². The zero-order chi connectivity index (χ0) is 17.7. The molecule has 0 atom stereocenters. The van der Waals surface area contributed by atoms with Gasteiger partial charge in [-0.05, 0) is 38.0 Å². The van der Waals surface area contributed by atoms with Gasteiger partial charge in [-0.1, -0.05) is 36.4 Å². The SMILES string of the molecule is C=c1cccc/c1=C(\NCC(C)=O)C1=C(C)CCN(CC(C)=O)C1. The molecule has 2 rings (SSSR count). The van der Waals surface area contributed by atoms with Gasteiger partial charge < -0.3 is 5.32 Å². The largest absolute Gasteiger partial charge is 0.377 e. The van der Waals surface area contributed by atoms with Crippen LogP contribution in [0.25, 0.3) is 12.3 Å². The molecule has 0 saturated carbocycles. The molecule has 0 saturated heterocycles. The lowest BCUT2D eigenvalue weighted by Crippen LogP contribution is -2.40. The van der Waals surface area contributed by atoms with E-state index in [1.165, 1.54) is 11.1 Å². The van der Waals surface area contributed by atoms with Gasteiger partial charge in [0.15, 0.2) is 0 Å². The summed E-state index contributed by atoms with van der Waals surface area (Å²) < 4.78 is 0. The maximum Gasteiger partial charge on any atom is 0.148 e. The third-order valence-corrected chi connectivity index (χ3v) is 4.25. The Morgan fingerprint density at radius 1 is 1.21 bits per heavy atom. The Kier molecular flexibility index (Phi) is 6.10. The van der Waals surface area contributed by atoms with Crippen molar-refractivity contribution in [1.82, 2.24) is 10.2 Å². The van der Waals surface area contributed by atoms with Crippen LogP contribution in [-0.2, 0) is 9.59 Å². The van der Waals surface area contributed by atoms with Crippen molar-refractivity contribution in [3.8, 4) is 0 Å². The summed E-state index contributed by atoms with van der Waals surface area (Å²) in [6, 6.07) is 7.93. The molecule has 128 valence electrons. The van der Waals surface area contributed by atoms with E-state index in [-0.39, 0.29) is 18.1 Å². The minimum Gasteiger partial charge on any atom is -0.377 e. The van der Waals surface area contributed by atoms with Crippen molar-refractivity contribution < 1.29 is 9.59 Å². The van der Waals surface area contributed by atoms with Gasteiger partial charge in [-0.15, -0.1) is 0 Å². The van der Waals surface area contributed by atoms with Crippen LogP contribution in [0.2, 0.25) is 0 Å². The van der Waals surface area contributed by atoms with Crippen LogP contribution in [0, 0.1) is 0 Å². The summed E-state index contributed by atoms with van der Waals surface area (Å²) in [5.74, 6) is 0.258. The van der Waals surface area contributed by atoms with E-state index in [2.05, 4.69) is 23.7 Å². The molecular weight excluding hydrogens is 300 g/mol. The first-order valence-electron chi connectivity index (χ1n) is 8.31. The molecule has 0 radical (unpaired) electrons. The summed E-state index contributed by atoms with van der Waals surface area (Å²) >= 11 is 0. The van der Waals surface area contributed by atoms with Crippen molar-refractivity contribution in [2.24, 2.45) is 0 Å². The summed E-state index contributed by atoms with van der Waals surface area (Å²) in [5, 5.41) is 5.24. The molecule has 0 unspecified atom stereocenters. The van der Waals surface area contributed by atoms with E-state index >= 15 is 0 Å². The van der Waals surface area contributed by atoms with Crippen molar-refractivity contribution in [1.29, 1.82) is 0 Å². The highest BCUT2D eigenvalue weighted by molar-refractivity contribution is 5.80. The number of rotatable bonds is 6. The second-order valence-corrected chi connectivity index (χ2v) is 6.51. The van der Waals surface area contributed by atoms with Gasteiger partial charge in [0.2, 0.25) is 0 Å². The Morgan fingerprint density at radius 3 is 2.54 bits per heavy atom. The van der Waals surface area contributed by atoms with Crippen LogP contribution in [0.15, 0.2) is 35.4 Å². The molecule has 1 aliphatic rings. The van der Waals surface area contributed by atoms with E-state index in [1.807, 2.05) is 24.3 Å². The van der Waals surface area contributed by atoms with Crippen molar-refractivity contribution >= 4 is 23.8 Å². The molecule has 0 spiro atoms. The molecule has 1 heterocycles. The number of ketones is 2. The zero-order valence-electron chi connectivity index (χ0n) is 14.8. The predicted octanol–water partition coefficient (Wildman–Crippen LogP) is 0.995. The fourth-order valence-electron chi connectivity index (χ4n) is 3.00. The Hall–Kier alpha value is -2.20. The monoisotopic (exact) mass is 326 g/mol. The number of carbonyl (C=O) groups is 2. The highest BCUT2D eigenvalue weighted by atomic mass is 16.1. The average Bonchev–Trinajstić information content (AvgIpc) is 2.51. The fourth-order valence-corrected chi connectivity index (χ4v) is 3.00. The normalized spacial score (nSPS) is 16.8. The van der Waals surface area contributed by atoms with E-state index in [4.69, 9.17) is 0 Å². The third-order valence-electron chi connectivity index (χ3n) is 4.25.